The van der Waals surface area contributed by atoms with Gasteiger partial charge in [-0.15, -0.1) is 0 Å². The number of nitrogens with one attached hydrogen (secondary N) is 1. The number of urea groups is 1. The largest absolute Gasteiger partial charge is 0.457 e. The van der Waals surface area contributed by atoms with E-state index in [1.165, 1.54) is 0 Å². The maximum atomic E-state index is 12.2. The zero-order valence-electron chi connectivity index (χ0n) is 14.3. The van der Waals surface area contributed by atoms with Gasteiger partial charge < -0.3 is 25.3 Å². The van der Waals surface area contributed by atoms with Crippen LogP contribution in [0.25, 0.3) is 0 Å². The molecular weight excluding hydrogens is 352 g/mol. The summed E-state index contributed by atoms with van der Waals surface area (Å²) in [5.74, 6) is 0.0289. The molecule has 1 unspecified atom stereocenters. The van der Waals surface area contributed by atoms with Crippen LogP contribution < -0.4 is 20.5 Å². The van der Waals surface area contributed by atoms with Crippen molar-refractivity contribution in [2.45, 2.75) is 12.5 Å². The second kappa shape index (κ2) is 8.22. The molecule has 0 bridgehead atoms. The van der Waals surface area contributed by atoms with Gasteiger partial charge in [-0.2, -0.15) is 0 Å². The van der Waals surface area contributed by atoms with Gasteiger partial charge in [0.1, 0.15) is 0 Å². The molecule has 0 radical (unpaired) electrons. The van der Waals surface area contributed by atoms with Gasteiger partial charge in [0.2, 0.25) is 6.79 Å². The predicted molar refractivity (Wildman–Crippen MR) is 94.4 cm³/mol. The summed E-state index contributed by atoms with van der Waals surface area (Å²) in [6.45, 7) is -0.313. The second-order valence-corrected chi connectivity index (χ2v) is 5.83. The van der Waals surface area contributed by atoms with E-state index in [-0.39, 0.29) is 19.0 Å². The highest BCUT2D eigenvalue weighted by Gasteiger charge is 2.20. The van der Waals surface area contributed by atoms with Gasteiger partial charge in [0.15, 0.2) is 23.9 Å². The Balaban J connectivity index is 1.57. The first-order valence-electron chi connectivity index (χ1n) is 8.22. The summed E-state index contributed by atoms with van der Waals surface area (Å²) in [6, 6.07) is 12.2. The van der Waals surface area contributed by atoms with E-state index in [0.717, 1.165) is 0 Å². The van der Waals surface area contributed by atoms with E-state index < -0.39 is 24.6 Å². The van der Waals surface area contributed by atoms with Gasteiger partial charge in [0, 0.05) is 5.56 Å². The normalized spacial score (nSPS) is 12.9. The smallest absolute Gasteiger partial charge is 0.312 e. The van der Waals surface area contributed by atoms with Crippen LogP contribution in [0.4, 0.5) is 4.79 Å². The van der Waals surface area contributed by atoms with Crippen molar-refractivity contribution in [3.8, 4) is 11.5 Å². The van der Waals surface area contributed by atoms with Crippen LogP contribution in [0, 0.1) is 0 Å². The number of benzene rings is 2. The van der Waals surface area contributed by atoms with E-state index in [1.54, 1.807) is 42.5 Å². The zero-order valence-corrected chi connectivity index (χ0v) is 14.3. The first-order valence-corrected chi connectivity index (χ1v) is 8.22. The fraction of sp³-hybridized carbons (Fsp3) is 0.211. The quantitative estimate of drug-likeness (QED) is 0.568. The third kappa shape index (κ3) is 4.75. The van der Waals surface area contributed by atoms with Gasteiger partial charge >= 0.3 is 12.0 Å². The first kappa shape index (κ1) is 18.2. The molecule has 0 saturated heterocycles. The molecule has 2 aromatic carbocycles. The number of primary amides is 1. The number of rotatable bonds is 7. The molecule has 1 aliphatic heterocycles. The molecule has 140 valence electrons. The number of ether oxygens (including phenoxy) is 3. The minimum Gasteiger partial charge on any atom is -0.457 e. The molecule has 0 aromatic heterocycles. The third-order valence-electron chi connectivity index (χ3n) is 3.95. The molecule has 3 N–H and O–H groups in total. The standard InChI is InChI=1S/C19H18N2O6/c20-19(24)21-14(12-4-2-1-3-5-12)9-18(23)25-10-15(22)13-6-7-16-17(8-13)27-11-26-16/h1-8,14H,9-11H2,(H3,20,21,24). The zero-order chi connectivity index (χ0) is 19.2. The molecule has 0 spiro atoms. The lowest BCUT2D eigenvalue weighted by Gasteiger charge is -2.17. The molecule has 2 aromatic rings. The molecule has 1 atom stereocenters. The molecule has 27 heavy (non-hydrogen) atoms. The van der Waals surface area contributed by atoms with E-state index in [9.17, 15) is 14.4 Å². The van der Waals surface area contributed by atoms with Gasteiger partial charge in [-0.1, -0.05) is 30.3 Å². The van der Waals surface area contributed by atoms with Crippen molar-refractivity contribution >= 4 is 17.8 Å². The number of hydrogen-bond donors (Lipinski definition) is 2. The Hall–Kier alpha value is -3.55. The van der Waals surface area contributed by atoms with Crippen LogP contribution >= 0.6 is 0 Å². The number of carbonyl (C=O) groups excluding carboxylic acids is 3. The van der Waals surface area contributed by atoms with Crippen molar-refractivity contribution in [1.29, 1.82) is 0 Å². The summed E-state index contributed by atoms with van der Waals surface area (Å²) < 4.78 is 15.5. The topological polar surface area (TPSA) is 117 Å². The number of ketones is 1. The van der Waals surface area contributed by atoms with Gasteiger partial charge in [0.05, 0.1) is 12.5 Å². The van der Waals surface area contributed by atoms with Gasteiger partial charge in [-0.05, 0) is 23.8 Å². The number of fused-ring (bicyclic) bond motifs is 1. The summed E-state index contributed by atoms with van der Waals surface area (Å²) in [5.41, 5.74) is 6.22. The van der Waals surface area contributed by atoms with Crippen LogP contribution in [0.5, 0.6) is 11.5 Å². The Morgan fingerprint density at radius 2 is 1.81 bits per heavy atom. The monoisotopic (exact) mass is 370 g/mol. The third-order valence-corrected chi connectivity index (χ3v) is 3.95. The summed E-state index contributed by atoms with van der Waals surface area (Å²) in [7, 11) is 0. The van der Waals surface area contributed by atoms with Crippen LogP contribution in [-0.2, 0) is 9.53 Å². The Kier molecular flexibility index (Phi) is 5.55. The number of hydrogen-bond acceptors (Lipinski definition) is 6. The number of amides is 2. The molecule has 1 heterocycles. The number of esters is 1. The predicted octanol–water partition coefficient (Wildman–Crippen LogP) is 1.94. The van der Waals surface area contributed by atoms with E-state index in [0.29, 0.717) is 22.6 Å². The summed E-state index contributed by atoms with van der Waals surface area (Å²) >= 11 is 0. The van der Waals surface area contributed by atoms with Gasteiger partial charge in [-0.25, -0.2) is 4.79 Å². The van der Waals surface area contributed by atoms with Crippen LogP contribution in [0.1, 0.15) is 28.4 Å². The Labute approximate surface area is 155 Å². The van der Waals surface area contributed by atoms with Crippen molar-refractivity contribution in [2.24, 2.45) is 5.73 Å². The lowest BCUT2D eigenvalue weighted by Crippen LogP contribution is -2.34. The van der Waals surface area contributed by atoms with Crippen molar-refractivity contribution in [3.63, 3.8) is 0 Å². The number of Topliss-reactive ketones (excluding diaryl/α,β-unsaturated/α-hetero) is 1. The average molecular weight is 370 g/mol. The summed E-state index contributed by atoms with van der Waals surface area (Å²) in [4.78, 5) is 35.5. The van der Waals surface area contributed by atoms with Crippen molar-refractivity contribution in [3.05, 3.63) is 59.7 Å². The minimum absolute atomic E-state index is 0.107. The molecule has 0 saturated carbocycles. The van der Waals surface area contributed by atoms with Crippen LogP contribution in [0.3, 0.4) is 0 Å². The minimum atomic E-state index is -0.756. The summed E-state index contributed by atoms with van der Waals surface area (Å²) in [6.07, 6.45) is -0.151. The highest BCUT2D eigenvalue weighted by Crippen LogP contribution is 2.32. The van der Waals surface area contributed by atoms with E-state index >= 15 is 0 Å². The lowest BCUT2D eigenvalue weighted by molar-refractivity contribution is -0.143. The molecule has 1 aliphatic rings. The van der Waals surface area contributed by atoms with Crippen molar-refractivity contribution < 1.29 is 28.6 Å². The fourth-order valence-electron chi connectivity index (χ4n) is 2.63. The van der Waals surface area contributed by atoms with E-state index in [1.807, 2.05) is 6.07 Å². The van der Waals surface area contributed by atoms with Gasteiger partial charge in [0.25, 0.3) is 0 Å². The molecule has 3 rings (SSSR count). The summed E-state index contributed by atoms with van der Waals surface area (Å²) in [5, 5.41) is 2.50. The molecule has 0 fully saturated rings. The average Bonchev–Trinajstić information content (AvgIpc) is 3.13. The molecule has 8 heteroatoms. The van der Waals surface area contributed by atoms with E-state index in [2.05, 4.69) is 5.32 Å². The highest BCUT2D eigenvalue weighted by molar-refractivity contribution is 5.98. The maximum absolute atomic E-state index is 12.2. The van der Waals surface area contributed by atoms with Crippen LogP contribution in [-0.4, -0.2) is 31.2 Å². The second-order valence-electron chi connectivity index (χ2n) is 5.83. The van der Waals surface area contributed by atoms with Gasteiger partial charge in [-0.3, -0.25) is 9.59 Å². The molecule has 0 aliphatic carbocycles. The fourth-order valence-corrected chi connectivity index (χ4v) is 2.63. The SMILES string of the molecule is NC(=O)NC(CC(=O)OCC(=O)c1ccc2c(c1)OCO2)c1ccccc1. The van der Waals surface area contributed by atoms with Crippen molar-refractivity contribution in [1.82, 2.24) is 5.32 Å². The first-order chi connectivity index (χ1) is 13.0. The number of carbonyl (C=O) groups is 3. The molecule has 2 amide bonds. The Morgan fingerprint density at radius 1 is 1.07 bits per heavy atom. The maximum Gasteiger partial charge on any atom is 0.312 e. The van der Waals surface area contributed by atoms with Crippen LogP contribution in [0.15, 0.2) is 48.5 Å². The van der Waals surface area contributed by atoms with Crippen molar-refractivity contribution in [2.75, 3.05) is 13.4 Å². The Bertz CT molecular complexity index is 853. The molecular formula is C19H18N2O6. The highest BCUT2D eigenvalue weighted by atomic mass is 16.7. The number of nitrogens with two attached hydrogens (primary N) is 1. The van der Waals surface area contributed by atoms with E-state index in [4.69, 9.17) is 19.9 Å². The van der Waals surface area contributed by atoms with Crippen LogP contribution in [0.2, 0.25) is 0 Å². The lowest BCUT2D eigenvalue weighted by atomic mass is 10.0. The molecule has 8 nitrogen and oxygen atoms in total. The Morgan fingerprint density at radius 3 is 2.56 bits per heavy atom.